The zero-order valence-corrected chi connectivity index (χ0v) is 10.7. The summed E-state index contributed by atoms with van der Waals surface area (Å²) >= 11 is 0. The number of benzene rings is 2. The molecule has 1 aliphatic rings. The minimum absolute atomic E-state index is 0.0324. The second-order valence-electron chi connectivity index (χ2n) is 4.49. The van der Waals surface area contributed by atoms with Gasteiger partial charge in [-0.25, -0.2) is 0 Å². The second kappa shape index (κ2) is 5.13. The number of hydrogen-bond acceptors (Lipinski definition) is 4. The molecule has 20 heavy (non-hydrogen) atoms. The van der Waals surface area contributed by atoms with Crippen molar-refractivity contribution in [3.8, 4) is 11.5 Å². The number of fused-ring (bicyclic) bond motifs is 1. The van der Waals surface area contributed by atoms with Gasteiger partial charge in [-0.2, -0.15) is 0 Å². The third-order valence-electron chi connectivity index (χ3n) is 3.09. The van der Waals surface area contributed by atoms with Crippen LogP contribution in [0.1, 0.15) is 0 Å². The summed E-state index contributed by atoms with van der Waals surface area (Å²) in [6, 6.07) is 14.0. The van der Waals surface area contributed by atoms with Crippen molar-refractivity contribution in [3.63, 3.8) is 0 Å². The van der Waals surface area contributed by atoms with Crippen LogP contribution in [0, 0.1) is 0 Å². The summed E-state index contributed by atoms with van der Waals surface area (Å²) in [5.74, 6) is 0.384. The van der Waals surface area contributed by atoms with Crippen molar-refractivity contribution < 1.29 is 14.6 Å². The summed E-state index contributed by atoms with van der Waals surface area (Å²) in [5.41, 5.74) is 1.25. The lowest BCUT2D eigenvalue weighted by molar-refractivity contribution is -0.122. The molecule has 0 bridgehead atoms. The van der Waals surface area contributed by atoms with Gasteiger partial charge >= 0.3 is 0 Å². The zero-order chi connectivity index (χ0) is 13.9. The first-order valence-electron chi connectivity index (χ1n) is 6.32. The maximum absolute atomic E-state index is 12.1. The van der Waals surface area contributed by atoms with Gasteiger partial charge in [0.1, 0.15) is 11.5 Å². The van der Waals surface area contributed by atoms with E-state index in [1.54, 1.807) is 18.2 Å². The monoisotopic (exact) mass is 270 g/mol. The predicted octanol–water partition coefficient (Wildman–Crippen LogP) is 2.20. The lowest BCUT2D eigenvalue weighted by atomic mass is 10.2. The van der Waals surface area contributed by atoms with Gasteiger partial charge in [0.25, 0.3) is 5.91 Å². The number of carbonyl (C=O) groups excluding carboxylic acids is 1. The summed E-state index contributed by atoms with van der Waals surface area (Å²) in [7, 11) is 0. The smallest absolute Gasteiger partial charge is 0.267 e. The molecule has 1 amide bonds. The second-order valence-corrected chi connectivity index (χ2v) is 4.49. The van der Waals surface area contributed by atoms with Crippen LogP contribution in [0.2, 0.25) is 0 Å². The Morgan fingerprint density at radius 1 is 1.20 bits per heavy atom. The van der Waals surface area contributed by atoms with Gasteiger partial charge in [-0.1, -0.05) is 24.3 Å². The van der Waals surface area contributed by atoms with Crippen LogP contribution in [0.15, 0.2) is 48.5 Å². The highest BCUT2D eigenvalue weighted by molar-refractivity contribution is 5.96. The topological polar surface area (TPSA) is 70.6 Å². The van der Waals surface area contributed by atoms with Crippen LogP contribution in [-0.2, 0) is 4.79 Å². The fourth-order valence-electron chi connectivity index (χ4n) is 2.05. The molecular weight excluding hydrogens is 256 g/mol. The minimum atomic E-state index is -0.635. The van der Waals surface area contributed by atoms with Crippen molar-refractivity contribution in [2.75, 3.05) is 17.2 Å². The number of phenols is 1. The normalized spacial score (nSPS) is 16.5. The van der Waals surface area contributed by atoms with Gasteiger partial charge in [0, 0.05) is 0 Å². The molecule has 1 unspecified atom stereocenters. The van der Waals surface area contributed by atoms with Gasteiger partial charge < -0.3 is 20.5 Å². The Kier molecular flexibility index (Phi) is 3.16. The predicted molar refractivity (Wildman–Crippen MR) is 76.1 cm³/mol. The Labute approximate surface area is 116 Å². The van der Waals surface area contributed by atoms with Gasteiger partial charge in [0.15, 0.2) is 6.10 Å². The lowest BCUT2D eigenvalue weighted by Gasteiger charge is -2.26. The van der Waals surface area contributed by atoms with E-state index in [4.69, 9.17) is 4.74 Å². The lowest BCUT2D eigenvalue weighted by Crippen LogP contribution is -2.41. The molecule has 0 spiro atoms. The van der Waals surface area contributed by atoms with Crippen LogP contribution < -0.4 is 15.4 Å². The van der Waals surface area contributed by atoms with Gasteiger partial charge in [0.05, 0.1) is 17.9 Å². The molecule has 0 saturated heterocycles. The molecule has 2 aromatic rings. The molecule has 1 atom stereocenters. The number of nitrogens with one attached hydrogen (secondary N) is 2. The van der Waals surface area contributed by atoms with Gasteiger partial charge in [-0.3, -0.25) is 4.79 Å². The van der Waals surface area contributed by atoms with E-state index in [-0.39, 0.29) is 11.7 Å². The molecule has 1 heterocycles. The third kappa shape index (κ3) is 2.38. The Balaban J connectivity index is 1.72. The Morgan fingerprint density at radius 2 is 1.95 bits per heavy atom. The number of carbonyl (C=O) groups is 1. The number of amides is 1. The maximum atomic E-state index is 12.1. The number of anilines is 2. The molecule has 0 aromatic heterocycles. The Hall–Kier alpha value is -2.69. The van der Waals surface area contributed by atoms with Crippen LogP contribution in [0.3, 0.4) is 0 Å². The molecule has 1 aliphatic heterocycles. The summed E-state index contributed by atoms with van der Waals surface area (Å²) in [6.07, 6.45) is -0.635. The number of aromatic hydroxyl groups is 1. The van der Waals surface area contributed by atoms with E-state index in [0.717, 1.165) is 5.69 Å². The molecule has 3 N–H and O–H groups in total. The van der Waals surface area contributed by atoms with Crippen molar-refractivity contribution in [2.45, 2.75) is 6.10 Å². The van der Waals surface area contributed by atoms with E-state index in [1.165, 1.54) is 6.07 Å². The highest BCUT2D eigenvalue weighted by Gasteiger charge is 2.26. The summed E-state index contributed by atoms with van der Waals surface area (Å²) < 4.78 is 5.65. The third-order valence-corrected chi connectivity index (χ3v) is 3.09. The molecule has 102 valence electrons. The van der Waals surface area contributed by atoms with Crippen LogP contribution in [0.4, 0.5) is 11.4 Å². The molecule has 0 fully saturated rings. The highest BCUT2D eigenvalue weighted by atomic mass is 16.5. The van der Waals surface area contributed by atoms with Gasteiger partial charge in [0.2, 0.25) is 0 Å². The summed E-state index contributed by atoms with van der Waals surface area (Å²) in [5, 5.41) is 15.4. The van der Waals surface area contributed by atoms with Gasteiger partial charge in [-0.15, -0.1) is 0 Å². The first-order valence-corrected chi connectivity index (χ1v) is 6.32. The van der Waals surface area contributed by atoms with Crippen molar-refractivity contribution in [2.24, 2.45) is 0 Å². The number of hydrogen-bond donors (Lipinski definition) is 3. The molecular formula is C15H14N2O3. The molecule has 2 aromatic carbocycles. The molecule has 5 nitrogen and oxygen atoms in total. The SMILES string of the molecule is O=C(Nc1ccccc1O)C1CNc2ccccc2O1. The van der Waals surface area contributed by atoms with Crippen molar-refractivity contribution >= 4 is 17.3 Å². The zero-order valence-electron chi connectivity index (χ0n) is 10.7. The van der Waals surface area contributed by atoms with E-state index in [2.05, 4.69) is 10.6 Å². The van der Waals surface area contributed by atoms with Crippen molar-refractivity contribution in [1.29, 1.82) is 0 Å². The van der Waals surface area contributed by atoms with E-state index >= 15 is 0 Å². The molecule has 0 radical (unpaired) electrons. The molecule has 0 aliphatic carbocycles. The number of ether oxygens (including phenoxy) is 1. The van der Waals surface area contributed by atoms with Crippen molar-refractivity contribution in [1.82, 2.24) is 0 Å². The number of para-hydroxylation sites is 4. The van der Waals surface area contributed by atoms with E-state index in [0.29, 0.717) is 18.0 Å². The quantitative estimate of drug-likeness (QED) is 0.732. The fourth-order valence-corrected chi connectivity index (χ4v) is 2.05. The highest BCUT2D eigenvalue weighted by Crippen LogP contribution is 2.29. The van der Waals surface area contributed by atoms with Crippen LogP contribution in [-0.4, -0.2) is 23.7 Å². The van der Waals surface area contributed by atoms with E-state index < -0.39 is 6.10 Å². The van der Waals surface area contributed by atoms with Crippen LogP contribution in [0.25, 0.3) is 0 Å². The Morgan fingerprint density at radius 3 is 2.80 bits per heavy atom. The van der Waals surface area contributed by atoms with Crippen LogP contribution >= 0.6 is 0 Å². The van der Waals surface area contributed by atoms with E-state index in [9.17, 15) is 9.90 Å². The standard InChI is InChI=1S/C15H14N2O3/c18-12-7-3-1-5-10(12)17-15(19)14-9-16-11-6-2-4-8-13(11)20-14/h1-8,14,16,18H,9H2,(H,17,19). The first kappa shape index (κ1) is 12.3. The van der Waals surface area contributed by atoms with E-state index in [1.807, 2.05) is 24.3 Å². The molecule has 5 heteroatoms. The van der Waals surface area contributed by atoms with Crippen molar-refractivity contribution in [3.05, 3.63) is 48.5 Å². The molecule has 0 saturated carbocycles. The largest absolute Gasteiger partial charge is 0.506 e. The molecule has 3 rings (SSSR count). The number of rotatable bonds is 2. The minimum Gasteiger partial charge on any atom is -0.506 e. The summed E-state index contributed by atoms with van der Waals surface area (Å²) in [4.78, 5) is 12.1. The fraction of sp³-hybridized carbons (Fsp3) is 0.133. The summed E-state index contributed by atoms with van der Waals surface area (Å²) in [6.45, 7) is 0.385. The average Bonchev–Trinajstić information content (AvgIpc) is 2.49. The average molecular weight is 270 g/mol. The van der Waals surface area contributed by atoms with Crippen LogP contribution in [0.5, 0.6) is 11.5 Å². The first-order chi connectivity index (χ1) is 9.74. The van der Waals surface area contributed by atoms with Gasteiger partial charge in [-0.05, 0) is 24.3 Å². The number of phenolic OH excluding ortho intramolecular Hbond substituents is 1. The Bertz CT molecular complexity index is 643. The maximum Gasteiger partial charge on any atom is 0.267 e.